The van der Waals surface area contributed by atoms with Gasteiger partial charge >= 0.3 is 0 Å². The van der Waals surface area contributed by atoms with Crippen molar-refractivity contribution in [3.63, 3.8) is 0 Å². The number of nitrogens with one attached hydrogen (secondary N) is 1. The zero-order valence-corrected chi connectivity index (χ0v) is 15.8. The molecule has 0 spiro atoms. The first-order chi connectivity index (χ1) is 12.2. The molecule has 0 fully saturated rings. The minimum absolute atomic E-state index is 0.0602. The van der Waals surface area contributed by atoms with Gasteiger partial charge in [0.15, 0.2) is 0 Å². The first kappa shape index (κ1) is 17.8. The van der Waals surface area contributed by atoms with Crippen LogP contribution in [0.15, 0.2) is 29.8 Å². The summed E-state index contributed by atoms with van der Waals surface area (Å²) in [6.07, 6.45) is 9.36. The van der Waals surface area contributed by atoms with Gasteiger partial charge < -0.3 is 9.88 Å². The predicted molar refractivity (Wildman–Crippen MR) is 105 cm³/mol. The number of hydrogen-bond acceptors (Lipinski definition) is 1. The highest BCUT2D eigenvalue weighted by Gasteiger charge is 2.19. The van der Waals surface area contributed by atoms with Crippen LogP contribution in [0.1, 0.15) is 67.6 Å². The fourth-order valence-corrected chi connectivity index (χ4v) is 3.96. The second-order valence-corrected chi connectivity index (χ2v) is 7.04. The Morgan fingerprint density at radius 1 is 1.24 bits per heavy atom. The number of carbonyl (C=O) groups excluding carboxylic acids is 1. The van der Waals surface area contributed by atoms with Gasteiger partial charge in [-0.15, -0.1) is 0 Å². The van der Waals surface area contributed by atoms with E-state index in [-0.39, 0.29) is 5.91 Å². The predicted octanol–water partition coefficient (Wildman–Crippen LogP) is 5.15. The molecule has 3 rings (SSSR count). The Balaban J connectivity index is 1.80. The summed E-state index contributed by atoms with van der Waals surface area (Å²) in [5, 5.41) is 4.36. The molecule has 0 radical (unpaired) electrons. The maximum absolute atomic E-state index is 12.9. The Morgan fingerprint density at radius 2 is 2.08 bits per heavy atom. The van der Waals surface area contributed by atoms with Gasteiger partial charge in [0.05, 0.1) is 0 Å². The van der Waals surface area contributed by atoms with Crippen LogP contribution in [0.5, 0.6) is 0 Å². The quantitative estimate of drug-likeness (QED) is 0.726. The number of hydrogen-bond donors (Lipinski definition) is 1. The molecule has 3 nitrogen and oxygen atoms in total. The fourth-order valence-electron chi connectivity index (χ4n) is 3.96. The van der Waals surface area contributed by atoms with Gasteiger partial charge in [0.2, 0.25) is 0 Å². The molecule has 0 atom stereocenters. The fraction of sp³-hybridized carbons (Fsp3) is 0.500. The molecule has 1 aromatic heterocycles. The van der Waals surface area contributed by atoms with Gasteiger partial charge in [-0.3, -0.25) is 4.79 Å². The molecular weight excluding hydrogens is 308 g/mol. The van der Waals surface area contributed by atoms with Crippen molar-refractivity contribution in [2.75, 3.05) is 6.54 Å². The summed E-state index contributed by atoms with van der Waals surface area (Å²) in [6.45, 7) is 7.89. The summed E-state index contributed by atoms with van der Waals surface area (Å²) < 4.78 is 2.15. The van der Waals surface area contributed by atoms with E-state index in [0.29, 0.717) is 0 Å². The minimum atomic E-state index is 0.0602. The lowest BCUT2D eigenvalue weighted by Gasteiger charge is -2.14. The van der Waals surface area contributed by atoms with E-state index in [1.54, 1.807) is 0 Å². The summed E-state index contributed by atoms with van der Waals surface area (Å²) in [4.78, 5) is 12.9. The van der Waals surface area contributed by atoms with Gasteiger partial charge in [-0.25, -0.2) is 0 Å². The molecule has 1 N–H and O–H groups in total. The Morgan fingerprint density at radius 3 is 2.76 bits per heavy atom. The number of amides is 1. The molecule has 0 saturated carbocycles. The van der Waals surface area contributed by atoms with E-state index in [9.17, 15) is 4.79 Å². The van der Waals surface area contributed by atoms with E-state index in [1.807, 2.05) is 0 Å². The van der Waals surface area contributed by atoms with Crippen molar-refractivity contribution < 1.29 is 4.79 Å². The number of allylic oxidation sites excluding steroid dienone is 1. The Labute approximate surface area is 151 Å². The van der Waals surface area contributed by atoms with Gasteiger partial charge in [-0.1, -0.05) is 24.6 Å². The van der Waals surface area contributed by atoms with Gasteiger partial charge in [-0.05, 0) is 75.6 Å². The molecular formula is C22H30N2O. The van der Waals surface area contributed by atoms with Crippen molar-refractivity contribution in [3.8, 4) is 0 Å². The molecule has 0 saturated heterocycles. The molecule has 0 bridgehead atoms. The van der Waals surface area contributed by atoms with E-state index < -0.39 is 0 Å². The van der Waals surface area contributed by atoms with Gasteiger partial charge in [-0.2, -0.15) is 0 Å². The zero-order chi connectivity index (χ0) is 17.8. The van der Waals surface area contributed by atoms with E-state index in [1.165, 1.54) is 42.2 Å². The first-order valence-corrected chi connectivity index (χ1v) is 9.73. The van der Waals surface area contributed by atoms with Gasteiger partial charge in [0, 0.05) is 24.0 Å². The van der Waals surface area contributed by atoms with Crippen LogP contribution in [-0.2, 0) is 13.0 Å². The summed E-state index contributed by atoms with van der Waals surface area (Å²) in [6, 6.07) is 6.57. The molecule has 25 heavy (non-hydrogen) atoms. The number of rotatable bonds is 6. The maximum atomic E-state index is 12.9. The van der Waals surface area contributed by atoms with Crippen molar-refractivity contribution in [3.05, 3.63) is 46.7 Å². The molecule has 2 aromatic rings. The summed E-state index contributed by atoms with van der Waals surface area (Å²) in [7, 11) is 0. The van der Waals surface area contributed by atoms with Crippen molar-refractivity contribution in [2.24, 2.45) is 0 Å². The summed E-state index contributed by atoms with van der Waals surface area (Å²) >= 11 is 0. The number of fused-ring (bicyclic) bond motifs is 1. The van der Waals surface area contributed by atoms with Crippen LogP contribution in [0.4, 0.5) is 0 Å². The Bertz CT molecular complexity index is 798. The van der Waals surface area contributed by atoms with Gasteiger partial charge in [0.1, 0.15) is 5.69 Å². The number of aryl methyl sites for hydroxylation is 3. The monoisotopic (exact) mass is 338 g/mol. The minimum Gasteiger partial charge on any atom is -0.350 e. The highest BCUT2D eigenvalue weighted by Crippen LogP contribution is 2.27. The van der Waals surface area contributed by atoms with E-state index >= 15 is 0 Å². The number of aromatic nitrogens is 1. The normalized spacial score (nSPS) is 14.6. The summed E-state index contributed by atoms with van der Waals surface area (Å²) in [5.41, 5.74) is 5.91. The van der Waals surface area contributed by atoms with Crippen LogP contribution in [0.3, 0.4) is 0 Å². The van der Waals surface area contributed by atoms with E-state index in [4.69, 9.17) is 0 Å². The molecule has 0 unspecified atom stereocenters. The largest absolute Gasteiger partial charge is 0.350 e. The number of benzene rings is 1. The third-order valence-corrected chi connectivity index (χ3v) is 5.44. The number of carbonyl (C=O) groups is 1. The maximum Gasteiger partial charge on any atom is 0.268 e. The van der Waals surface area contributed by atoms with Crippen LogP contribution in [-0.4, -0.2) is 17.0 Å². The number of nitrogens with zero attached hydrogens (tertiary/aromatic N) is 1. The van der Waals surface area contributed by atoms with Crippen molar-refractivity contribution >= 4 is 16.8 Å². The Hall–Kier alpha value is -2.03. The van der Waals surface area contributed by atoms with Crippen molar-refractivity contribution in [2.45, 2.75) is 65.8 Å². The average molecular weight is 338 g/mol. The van der Waals surface area contributed by atoms with Crippen LogP contribution >= 0.6 is 0 Å². The molecule has 0 aliphatic heterocycles. The van der Waals surface area contributed by atoms with Crippen molar-refractivity contribution in [1.82, 2.24) is 9.88 Å². The van der Waals surface area contributed by atoms with Gasteiger partial charge in [0.25, 0.3) is 5.91 Å². The highest BCUT2D eigenvalue weighted by molar-refractivity contribution is 6.01. The van der Waals surface area contributed by atoms with Crippen LogP contribution in [0.2, 0.25) is 0 Å². The van der Waals surface area contributed by atoms with Crippen molar-refractivity contribution in [1.29, 1.82) is 0 Å². The van der Waals surface area contributed by atoms with Crippen LogP contribution in [0, 0.1) is 6.92 Å². The van der Waals surface area contributed by atoms with E-state index in [0.717, 1.165) is 42.7 Å². The van der Waals surface area contributed by atoms with E-state index in [2.05, 4.69) is 54.9 Å². The standard InChI is InChI=1S/C22H30N2O/c1-4-17-11-12-20-19(15-17)16(3)21(24(20)5-2)22(25)23-14-13-18-9-7-6-8-10-18/h9,11-12,15H,4-8,10,13-14H2,1-3H3,(H,23,25). The lowest BCUT2D eigenvalue weighted by Crippen LogP contribution is -2.27. The van der Waals surface area contributed by atoms with Crippen LogP contribution in [0.25, 0.3) is 10.9 Å². The molecule has 1 aliphatic rings. The van der Waals surface area contributed by atoms with Crippen LogP contribution < -0.4 is 5.32 Å². The zero-order valence-electron chi connectivity index (χ0n) is 15.8. The lowest BCUT2D eigenvalue weighted by molar-refractivity contribution is 0.0944. The molecule has 1 heterocycles. The average Bonchev–Trinajstić information content (AvgIpc) is 2.94. The Kier molecular flexibility index (Phi) is 5.62. The topological polar surface area (TPSA) is 34.0 Å². The third-order valence-electron chi connectivity index (χ3n) is 5.44. The smallest absolute Gasteiger partial charge is 0.268 e. The molecule has 1 amide bonds. The molecule has 134 valence electrons. The SMILES string of the molecule is CCc1ccc2c(c1)c(C)c(C(=O)NCCC1=CCCCC1)n2CC. The first-order valence-electron chi connectivity index (χ1n) is 9.73. The molecule has 3 heteroatoms. The molecule has 1 aliphatic carbocycles. The second kappa shape index (κ2) is 7.90. The lowest BCUT2D eigenvalue weighted by atomic mass is 9.97. The second-order valence-electron chi connectivity index (χ2n) is 7.04. The third kappa shape index (κ3) is 3.65. The molecule has 1 aromatic carbocycles. The summed E-state index contributed by atoms with van der Waals surface area (Å²) in [5.74, 6) is 0.0602. The highest BCUT2D eigenvalue weighted by atomic mass is 16.1.